The van der Waals surface area contributed by atoms with Crippen LogP contribution in [0.2, 0.25) is 0 Å². The van der Waals surface area contributed by atoms with E-state index in [-0.39, 0.29) is 13.1 Å². The van der Waals surface area contributed by atoms with E-state index in [1.807, 2.05) is 0 Å². The van der Waals surface area contributed by atoms with Crippen molar-refractivity contribution in [3.05, 3.63) is 17.7 Å². The van der Waals surface area contributed by atoms with Crippen molar-refractivity contribution in [2.24, 2.45) is 0 Å². The number of aliphatic hydroxyl groups excluding tert-OH is 5. The largest absolute Gasteiger partial charge is 0.490 e. The third-order valence-electron chi connectivity index (χ3n) is 14.8. The molecule has 4 atom stereocenters. The lowest BCUT2D eigenvalue weighted by Gasteiger charge is -2.24. The fraction of sp³-hybridized carbons (Fsp3) is 0.873. The summed E-state index contributed by atoms with van der Waals surface area (Å²) in [7, 11) is 0. The van der Waals surface area contributed by atoms with Gasteiger partial charge in [-0.1, -0.05) is 271 Å². The predicted molar refractivity (Wildman–Crippen MR) is 310 cm³/mol. The lowest BCUT2D eigenvalue weighted by Crippen LogP contribution is -2.52. The number of rotatable bonds is 57. The van der Waals surface area contributed by atoms with Gasteiger partial charge in [-0.05, 0) is 31.4 Å². The van der Waals surface area contributed by atoms with Crippen LogP contribution in [0, 0.1) is 0 Å². The first kappa shape index (κ1) is 70.4. The van der Waals surface area contributed by atoms with Gasteiger partial charge in [-0.25, -0.2) is 0 Å². The summed E-state index contributed by atoms with van der Waals surface area (Å²) in [5.41, 5.74) is 0.327. The summed E-state index contributed by atoms with van der Waals surface area (Å²) in [6, 6.07) is 3.43. The molecule has 0 saturated heterocycles. The molecule has 1 rings (SSSR count). The highest BCUT2D eigenvalue weighted by Gasteiger charge is 2.34. The fourth-order valence-electron chi connectivity index (χ4n) is 9.74. The highest BCUT2D eigenvalue weighted by atomic mass is 16.5. The zero-order chi connectivity index (χ0) is 54.7. The summed E-state index contributed by atoms with van der Waals surface area (Å²) >= 11 is 0. The van der Waals surface area contributed by atoms with Gasteiger partial charge >= 0.3 is 0 Å². The van der Waals surface area contributed by atoms with E-state index in [1.54, 1.807) is 12.1 Å². The van der Waals surface area contributed by atoms with Crippen molar-refractivity contribution in [3.63, 3.8) is 0 Å². The minimum Gasteiger partial charge on any atom is -0.490 e. The molecule has 0 aliphatic heterocycles. The van der Waals surface area contributed by atoms with Crippen molar-refractivity contribution in [3.8, 4) is 17.2 Å². The van der Waals surface area contributed by atoms with Gasteiger partial charge in [0.05, 0.1) is 26.4 Å². The molecule has 0 spiro atoms. The Labute approximate surface area is 459 Å². The molecule has 0 aliphatic carbocycles. The molecule has 12 heteroatoms. The summed E-state index contributed by atoms with van der Waals surface area (Å²) in [5, 5.41) is 54.2. The van der Waals surface area contributed by atoms with Crippen LogP contribution in [0.5, 0.6) is 17.2 Å². The van der Waals surface area contributed by atoms with E-state index in [1.165, 1.54) is 218 Å². The zero-order valence-electron chi connectivity index (χ0n) is 48.7. The number of benzene rings is 1. The first-order chi connectivity index (χ1) is 36.7. The van der Waals surface area contributed by atoms with Crippen LogP contribution in [0.4, 0.5) is 0 Å². The molecule has 0 fully saturated rings. The topological polar surface area (TPSA) is 187 Å². The summed E-state index contributed by atoms with van der Waals surface area (Å²) in [6.45, 7) is 7.36. The fourth-order valence-corrected chi connectivity index (χ4v) is 9.74. The Hall–Kier alpha value is -2.64. The maximum Gasteiger partial charge on any atom is 0.251 e. The zero-order valence-corrected chi connectivity index (χ0v) is 48.7. The van der Waals surface area contributed by atoms with Gasteiger partial charge in [-0.15, -0.1) is 0 Å². The second kappa shape index (κ2) is 52.1. The number of aliphatic hydroxyl groups is 5. The molecular formula is C63H118N2O10. The summed E-state index contributed by atoms with van der Waals surface area (Å²) in [6.07, 6.45) is 45.7. The first-order valence-corrected chi connectivity index (χ1v) is 31.7. The van der Waals surface area contributed by atoms with E-state index in [9.17, 15) is 30.0 Å². The van der Waals surface area contributed by atoms with Crippen LogP contribution in [-0.2, 0) is 4.79 Å². The molecule has 0 aliphatic rings. The third-order valence-corrected chi connectivity index (χ3v) is 14.8. The number of carbonyl (C=O) groups is 2. The summed E-state index contributed by atoms with van der Waals surface area (Å²) in [4.78, 5) is 26.2. The molecule has 440 valence electrons. The number of hydrogen-bond acceptors (Lipinski definition) is 10. The van der Waals surface area contributed by atoms with Crippen LogP contribution in [0.15, 0.2) is 12.1 Å². The Morgan fingerprint density at radius 1 is 0.400 bits per heavy atom. The minimum atomic E-state index is -2.06. The van der Waals surface area contributed by atoms with Gasteiger partial charge in [-0.3, -0.25) is 9.59 Å². The lowest BCUT2D eigenvalue weighted by molar-refractivity contribution is -0.148. The number of amides is 2. The third kappa shape index (κ3) is 39.4. The Bertz CT molecular complexity index is 1380. The standard InChI is InChI=1S/C63H118N2O10/c1-4-7-10-13-16-19-22-25-28-31-34-37-40-43-48-73-56-51-54(62(71)64-46-47-65-63(72)60(70)59(69)58(68)55(67)53-66)52-57(74-49-44-41-38-35-32-29-26-23-20-17-14-11-8-5-2)61(56)75-50-45-42-39-36-33-30-27-24-21-18-15-12-9-6-3/h51-52,55,58-60,66-70H,4-50,53H2,1-3H3,(H,64,71)(H,65,72)/t55-,58-,59+,60-/m0/s1. The number of ether oxygens (including phenoxy) is 3. The van der Waals surface area contributed by atoms with E-state index in [0.29, 0.717) is 42.6 Å². The SMILES string of the molecule is CCCCCCCCCCCCCCCCOc1cc(C(=O)NCCNC(=O)[C@@H](O)[C@H](O)[C@@H](O)[C@@H](O)CO)cc(OCCCCCCCCCCCCCCCC)c1OCCCCCCCCCCCCCCCC. The van der Waals surface area contributed by atoms with Gasteiger partial charge < -0.3 is 50.4 Å². The molecule has 0 aromatic heterocycles. The quantitative estimate of drug-likeness (QED) is 0.0310. The van der Waals surface area contributed by atoms with E-state index in [4.69, 9.17) is 19.3 Å². The molecule has 0 heterocycles. The Morgan fingerprint density at radius 3 is 0.987 bits per heavy atom. The Balaban J connectivity index is 2.94. The highest BCUT2D eigenvalue weighted by molar-refractivity contribution is 5.95. The van der Waals surface area contributed by atoms with E-state index < -0.39 is 42.8 Å². The normalized spacial score (nSPS) is 13.1. The monoisotopic (exact) mass is 1060 g/mol. The van der Waals surface area contributed by atoms with Crippen LogP contribution in [0.25, 0.3) is 0 Å². The van der Waals surface area contributed by atoms with Crippen LogP contribution >= 0.6 is 0 Å². The average Bonchev–Trinajstić information content (AvgIpc) is 3.42. The van der Waals surface area contributed by atoms with Gasteiger partial charge in [0.25, 0.3) is 11.8 Å². The van der Waals surface area contributed by atoms with Crippen molar-refractivity contribution < 1.29 is 49.3 Å². The Kier molecular flexibility index (Phi) is 48.9. The van der Waals surface area contributed by atoms with Crippen LogP contribution in [0.1, 0.15) is 301 Å². The second-order valence-corrected chi connectivity index (χ2v) is 21.9. The van der Waals surface area contributed by atoms with Crippen molar-refractivity contribution in [1.29, 1.82) is 0 Å². The average molecular weight is 1060 g/mol. The molecular weight excluding hydrogens is 945 g/mol. The minimum absolute atomic E-state index is 0.00292. The highest BCUT2D eigenvalue weighted by Crippen LogP contribution is 2.40. The van der Waals surface area contributed by atoms with E-state index in [2.05, 4.69) is 31.4 Å². The predicted octanol–water partition coefficient (Wildman–Crippen LogP) is 14.5. The van der Waals surface area contributed by atoms with Gasteiger partial charge in [0.2, 0.25) is 5.75 Å². The molecule has 12 nitrogen and oxygen atoms in total. The molecule has 1 aromatic carbocycles. The molecule has 2 amide bonds. The maximum atomic E-state index is 13.7. The molecule has 1 aromatic rings. The summed E-state index contributed by atoms with van der Waals surface area (Å²) < 4.78 is 19.5. The second-order valence-electron chi connectivity index (χ2n) is 21.9. The number of unbranched alkanes of at least 4 members (excludes halogenated alkanes) is 39. The van der Waals surface area contributed by atoms with E-state index >= 15 is 0 Å². The number of hydrogen-bond donors (Lipinski definition) is 7. The first-order valence-electron chi connectivity index (χ1n) is 31.7. The smallest absolute Gasteiger partial charge is 0.251 e. The van der Waals surface area contributed by atoms with Gasteiger partial charge in [0, 0.05) is 18.7 Å². The van der Waals surface area contributed by atoms with Crippen LogP contribution in [0.3, 0.4) is 0 Å². The number of nitrogens with one attached hydrogen (secondary N) is 2. The summed E-state index contributed by atoms with van der Waals surface area (Å²) in [5.74, 6) is 0.0813. The van der Waals surface area contributed by atoms with Gasteiger partial charge in [0.1, 0.15) is 18.3 Å². The molecule has 0 radical (unpaired) electrons. The molecule has 0 unspecified atom stereocenters. The molecule has 0 saturated carbocycles. The van der Waals surface area contributed by atoms with Crippen LogP contribution in [-0.4, -0.2) is 101 Å². The molecule has 75 heavy (non-hydrogen) atoms. The van der Waals surface area contributed by atoms with Crippen molar-refractivity contribution >= 4 is 11.8 Å². The Morgan fingerprint density at radius 2 is 0.680 bits per heavy atom. The van der Waals surface area contributed by atoms with Crippen LogP contribution < -0.4 is 24.8 Å². The van der Waals surface area contributed by atoms with E-state index in [0.717, 1.165) is 51.4 Å². The van der Waals surface area contributed by atoms with Gasteiger partial charge in [0.15, 0.2) is 17.6 Å². The lowest BCUT2D eigenvalue weighted by atomic mass is 10.0. The molecule has 7 N–H and O–H groups in total. The van der Waals surface area contributed by atoms with Gasteiger partial charge in [-0.2, -0.15) is 0 Å². The van der Waals surface area contributed by atoms with Crippen molar-refractivity contribution in [1.82, 2.24) is 10.6 Å². The number of carbonyl (C=O) groups excluding carboxylic acids is 2. The maximum absolute atomic E-state index is 13.7. The van der Waals surface area contributed by atoms with Crippen molar-refractivity contribution in [2.45, 2.75) is 315 Å². The molecule has 0 bridgehead atoms. The van der Waals surface area contributed by atoms with Crippen molar-refractivity contribution in [2.75, 3.05) is 39.5 Å².